The topological polar surface area (TPSA) is 32.5 Å². The Morgan fingerprint density at radius 1 is 1.41 bits per heavy atom. The largest absolute Gasteiger partial charge is 0.444 e. The van der Waals surface area contributed by atoms with Crippen LogP contribution in [0.4, 0.5) is 0 Å². The first-order valence-corrected chi connectivity index (χ1v) is 6.75. The molecule has 1 aromatic rings. The van der Waals surface area contributed by atoms with E-state index in [9.17, 15) is 0 Å². The molecule has 2 fully saturated rings. The Morgan fingerprint density at radius 3 is 3.18 bits per heavy atom. The first kappa shape index (κ1) is 11.2. The average molecular weight is 235 g/mol. The van der Waals surface area contributed by atoms with Gasteiger partial charge in [-0.1, -0.05) is 6.92 Å². The third-order valence-corrected chi connectivity index (χ3v) is 3.98. The van der Waals surface area contributed by atoms with Gasteiger partial charge in [-0.25, -0.2) is 4.98 Å². The fraction of sp³-hybridized carbons (Fsp3) is 0.769. The SMILES string of the molecule is CCc1cnc(CN2CCN3CCCC3C2)o1. The van der Waals surface area contributed by atoms with Gasteiger partial charge in [-0.3, -0.25) is 9.80 Å². The number of nitrogens with zero attached hydrogens (tertiary/aromatic N) is 3. The van der Waals surface area contributed by atoms with E-state index >= 15 is 0 Å². The highest BCUT2D eigenvalue weighted by atomic mass is 16.4. The van der Waals surface area contributed by atoms with E-state index in [1.807, 2.05) is 6.20 Å². The molecule has 0 aromatic carbocycles. The summed E-state index contributed by atoms with van der Waals surface area (Å²) in [6.07, 6.45) is 5.53. The van der Waals surface area contributed by atoms with Crippen molar-refractivity contribution in [3.05, 3.63) is 17.8 Å². The first-order valence-electron chi connectivity index (χ1n) is 6.75. The number of hydrogen-bond acceptors (Lipinski definition) is 4. The molecule has 94 valence electrons. The van der Waals surface area contributed by atoms with E-state index in [2.05, 4.69) is 21.7 Å². The number of rotatable bonds is 3. The van der Waals surface area contributed by atoms with E-state index in [-0.39, 0.29) is 0 Å². The molecule has 1 atom stereocenters. The highest BCUT2D eigenvalue weighted by Gasteiger charge is 2.30. The summed E-state index contributed by atoms with van der Waals surface area (Å²) >= 11 is 0. The zero-order valence-electron chi connectivity index (χ0n) is 10.6. The van der Waals surface area contributed by atoms with Crippen molar-refractivity contribution in [1.29, 1.82) is 0 Å². The molecule has 3 heterocycles. The molecule has 1 aromatic heterocycles. The van der Waals surface area contributed by atoms with Gasteiger partial charge in [0.25, 0.3) is 0 Å². The number of hydrogen-bond donors (Lipinski definition) is 0. The van der Waals surface area contributed by atoms with E-state index in [0.717, 1.165) is 37.2 Å². The Bertz CT molecular complexity index is 376. The van der Waals surface area contributed by atoms with Gasteiger partial charge in [-0.05, 0) is 19.4 Å². The van der Waals surface area contributed by atoms with Crippen LogP contribution < -0.4 is 0 Å². The van der Waals surface area contributed by atoms with Crippen LogP contribution in [0.3, 0.4) is 0 Å². The number of piperazine rings is 1. The third kappa shape index (κ3) is 2.38. The maximum Gasteiger partial charge on any atom is 0.208 e. The summed E-state index contributed by atoms with van der Waals surface area (Å²) in [7, 11) is 0. The van der Waals surface area contributed by atoms with Crippen molar-refractivity contribution in [2.24, 2.45) is 0 Å². The second kappa shape index (κ2) is 4.78. The van der Waals surface area contributed by atoms with Gasteiger partial charge < -0.3 is 4.42 Å². The van der Waals surface area contributed by atoms with Gasteiger partial charge in [-0.15, -0.1) is 0 Å². The van der Waals surface area contributed by atoms with Crippen molar-refractivity contribution in [2.45, 2.75) is 38.8 Å². The molecular weight excluding hydrogens is 214 g/mol. The molecule has 2 aliphatic heterocycles. The highest BCUT2D eigenvalue weighted by molar-refractivity contribution is 4.95. The molecule has 2 saturated heterocycles. The Balaban J connectivity index is 1.58. The molecule has 0 aliphatic carbocycles. The summed E-state index contributed by atoms with van der Waals surface area (Å²) in [4.78, 5) is 9.46. The summed E-state index contributed by atoms with van der Waals surface area (Å²) in [5.74, 6) is 1.88. The minimum atomic E-state index is 0.782. The Labute approximate surface area is 103 Å². The quantitative estimate of drug-likeness (QED) is 0.795. The Hall–Kier alpha value is -0.870. The lowest BCUT2D eigenvalue weighted by Gasteiger charge is -2.36. The van der Waals surface area contributed by atoms with E-state index in [1.54, 1.807) is 0 Å². The molecule has 0 saturated carbocycles. The lowest BCUT2D eigenvalue weighted by Crippen LogP contribution is -2.49. The van der Waals surface area contributed by atoms with Crippen LogP contribution in [0.15, 0.2) is 10.6 Å². The summed E-state index contributed by atoms with van der Waals surface area (Å²) < 4.78 is 5.68. The molecule has 0 spiro atoms. The lowest BCUT2D eigenvalue weighted by atomic mass is 10.1. The van der Waals surface area contributed by atoms with Crippen molar-refractivity contribution >= 4 is 0 Å². The molecule has 1 unspecified atom stereocenters. The maximum atomic E-state index is 5.68. The molecule has 4 heteroatoms. The molecular formula is C13H21N3O. The van der Waals surface area contributed by atoms with Gasteiger partial charge in [0.05, 0.1) is 12.7 Å². The normalized spacial score (nSPS) is 26.3. The molecule has 0 N–H and O–H groups in total. The molecule has 4 nitrogen and oxygen atoms in total. The van der Waals surface area contributed by atoms with Crippen molar-refractivity contribution in [1.82, 2.24) is 14.8 Å². The van der Waals surface area contributed by atoms with Crippen LogP contribution in [0.5, 0.6) is 0 Å². The fourth-order valence-corrected chi connectivity index (χ4v) is 2.97. The van der Waals surface area contributed by atoms with E-state index in [0.29, 0.717) is 0 Å². The minimum Gasteiger partial charge on any atom is -0.444 e. The molecule has 3 rings (SSSR count). The summed E-state index contributed by atoms with van der Waals surface area (Å²) in [6.45, 7) is 7.83. The fourth-order valence-electron chi connectivity index (χ4n) is 2.97. The summed E-state index contributed by atoms with van der Waals surface area (Å²) in [5, 5.41) is 0. The molecule has 2 aliphatic rings. The second-order valence-corrected chi connectivity index (χ2v) is 5.14. The highest BCUT2D eigenvalue weighted by Crippen LogP contribution is 2.22. The van der Waals surface area contributed by atoms with Crippen molar-refractivity contribution in [2.75, 3.05) is 26.2 Å². The van der Waals surface area contributed by atoms with E-state index < -0.39 is 0 Å². The molecule has 17 heavy (non-hydrogen) atoms. The molecule has 0 amide bonds. The number of oxazole rings is 1. The standard InChI is InChI=1S/C13H21N3O/c1-2-12-8-14-13(17-12)10-15-6-7-16-5-3-4-11(16)9-15/h8,11H,2-7,9-10H2,1H3. The minimum absolute atomic E-state index is 0.782. The van der Waals surface area contributed by atoms with Crippen molar-refractivity contribution in [3.63, 3.8) is 0 Å². The average Bonchev–Trinajstić information content (AvgIpc) is 2.96. The summed E-state index contributed by atoms with van der Waals surface area (Å²) in [5.41, 5.74) is 0. The van der Waals surface area contributed by atoms with Crippen LogP contribution in [-0.2, 0) is 13.0 Å². The predicted octanol–water partition coefficient (Wildman–Crippen LogP) is 1.52. The maximum absolute atomic E-state index is 5.68. The van der Waals surface area contributed by atoms with Crippen molar-refractivity contribution < 1.29 is 4.42 Å². The van der Waals surface area contributed by atoms with Crippen LogP contribution >= 0.6 is 0 Å². The summed E-state index contributed by atoms with van der Waals surface area (Å²) in [6, 6.07) is 0.782. The van der Waals surface area contributed by atoms with Gasteiger partial charge in [0.1, 0.15) is 5.76 Å². The van der Waals surface area contributed by atoms with Gasteiger partial charge in [0.2, 0.25) is 5.89 Å². The van der Waals surface area contributed by atoms with Gasteiger partial charge in [0.15, 0.2) is 0 Å². The predicted molar refractivity (Wildman–Crippen MR) is 65.8 cm³/mol. The molecule has 0 bridgehead atoms. The second-order valence-electron chi connectivity index (χ2n) is 5.14. The third-order valence-electron chi connectivity index (χ3n) is 3.98. The van der Waals surface area contributed by atoms with E-state index in [1.165, 1.54) is 32.5 Å². The Kier molecular flexibility index (Phi) is 3.16. The number of fused-ring (bicyclic) bond motifs is 1. The first-order chi connectivity index (χ1) is 8.35. The zero-order valence-corrected chi connectivity index (χ0v) is 10.6. The number of aromatic nitrogens is 1. The van der Waals surface area contributed by atoms with Crippen molar-refractivity contribution in [3.8, 4) is 0 Å². The smallest absolute Gasteiger partial charge is 0.208 e. The van der Waals surface area contributed by atoms with E-state index in [4.69, 9.17) is 4.42 Å². The van der Waals surface area contributed by atoms with Crippen LogP contribution in [0.2, 0.25) is 0 Å². The van der Waals surface area contributed by atoms with Crippen LogP contribution in [0, 0.1) is 0 Å². The van der Waals surface area contributed by atoms with Gasteiger partial charge >= 0.3 is 0 Å². The van der Waals surface area contributed by atoms with Gasteiger partial charge in [-0.2, -0.15) is 0 Å². The number of aryl methyl sites for hydroxylation is 1. The van der Waals surface area contributed by atoms with Crippen LogP contribution in [0.25, 0.3) is 0 Å². The van der Waals surface area contributed by atoms with Crippen LogP contribution in [0.1, 0.15) is 31.4 Å². The lowest BCUT2D eigenvalue weighted by molar-refractivity contribution is 0.0924. The monoisotopic (exact) mass is 235 g/mol. The Morgan fingerprint density at radius 2 is 2.35 bits per heavy atom. The van der Waals surface area contributed by atoms with Gasteiger partial charge in [0, 0.05) is 32.1 Å². The molecule has 0 radical (unpaired) electrons. The van der Waals surface area contributed by atoms with Crippen LogP contribution in [-0.4, -0.2) is 47.0 Å². The zero-order chi connectivity index (χ0) is 11.7.